The van der Waals surface area contributed by atoms with Gasteiger partial charge in [0.25, 0.3) is 0 Å². The van der Waals surface area contributed by atoms with Crippen molar-refractivity contribution in [3.8, 4) is 0 Å². The number of aromatic nitrogens is 2. The molecule has 96 valence electrons. The predicted octanol–water partition coefficient (Wildman–Crippen LogP) is 3.35. The maximum atomic E-state index is 11.8. The molecule has 0 aliphatic carbocycles. The zero-order chi connectivity index (χ0) is 13.4. The van der Waals surface area contributed by atoms with Crippen molar-refractivity contribution in [3.63, 3.8) is 0 Å². The van der Waals surface area contributed by atoms with Crippen molar-refractivity contribution in [2.75, 3.05) is 5.32 Å². The second-order valence-corrected chi connectivity index (χ2v) is 6.59. The lowest BCUT2D eigenvalue weighted by Crippen LogP contribution is -2.27. The third-order valence-corrected chi connectivity index (χ3v) is 2.74. The third-order valence-electron chi connectivity index (χ3n) is 2.37. The van der Waals surface area contributed by atoms with Gasteiger partial charge in [-0.3, -0.25) is 9.89 Å². The summed E-state index contributed by atoms with van der Waals surface area (Å²) in [5, 5.41) is 10.1. The molecule has 0 aromatic carbocycles. The van der Waals surface area contributed by atoms with Crippen molar-refractivity contribution < 1.29 is 4.79 Å². The van der Waals surface area contributed by atoms with Crippen molar-refractivity contribution in [1.82, 2.24) is 10.2 Å². The van der Waals surface area contributed by atoms with Gasteiger partial charge in [-0.1, -0.05) is 53.1 Å². The lowest BCUT2D eigenvalue weighted by Gasteiger charge is -2.18. The van der Waals surface area contributed by atoms with Gasteiger partial charge in [-0.2, -0.15) is 5.10 Å². The molecule has 1 aromatic rings. The van der Waals surface area contributed by atoms with Gasteiger partial charge in [0.2, 0.25) is 5.91 Å². The van der Waals surface area contributed by atoms with E-state index in [1.807, 2.05) is 41.5 Å². The molecule has 1 heterocycles. The molecule has 0 unspecified atom stereocenters. The average molecular weight is 258 g/mol. The van der Waals surface area contributed by atoms with Crippen LogP contribution in [0.15, 0.2) is 0 Å². The van der Waals surface area contributed by atoms with Gasteiger partial charge in [0.1, 0.15) is 5.02 Å². The first-order valence-corrected chi connectivity index (χ1v) is 5.97. The van der Waals surface area contributed by atoms with Gasteiger partial charge < -0.3 is 5.32 Å². The van der Waals surface area contributed by atoms with Crippen LogP contribution in [0, 0.1) is 5.41 Å². The Balaban J connectivity index is 2.96. The fourth-order valence-electron chi connectivity index (χ4n) is 1.20. The molecule has 0 saturated carbocycles. The highest BCUT2D eigenvalue weighted by molar-refractivity contribution is 6.34. The smallest absolute Gasteiger partial charge is 0.230 e. The minimum atomic E-state index is -0.468. The molecule has 0 aliphatic heterocycles. The number of amides is 1. The van der Waals surface area contributed by atoms with Crippen LogP contribution in [0.25, 0.3) is 0 Å². The number of carbonyl (C=O) groups is 1. The van der Waals surface area contributed by atoms with E-state index >= 15 is 0 Å². The summed E-state index contributed by atoms with van der Waals surface area (Å²) in [5.74, 6) is 0.294. The number of hydrogen-bond donors (Lipinski definition) is 2. The maximum Gasteiger partial charge on any atom is 0.230 e. The Morgan fingerprint density at radius 2 is 1.76 bits per heavy atom. The number of rotatable bonds is 1. The Labute approximate surface area is 107 Å². The van der Waals surface area contributed by atoms with Crippen LogP contribution in [0.4, 0.5) is 5.82 Å². The van der Waals surface area contributed by atoms with Gasteiger partial charge in [0.15, 0.2) is 5.82 Å². The highest BCUT2D eigenvalue weighted by Crippen LogP contribution is 2.32. The van der Waals surface area contributed by atoms with E-state index in [0.29, 0.717) is 10.8 Å². The van der Waals surface area contributed by atoms with E-state index < -0.39 is 5.41 Å². The van der Waals surface area contributed by atoms with Crippen molar-refractivity contribution in [3.05, 3.63) is 10.7 Å². The van der Waals surface area contributed by atoms with Gasteiger partial charge in [-0.15, -0.1) is 0 Å². The normalized spacial score (nSPS) is 12.6. The molecular weight excluding hydrogens is 238 g/mol. The quantitative estimate of drug-likeness (QED) is 0.811. The monoisotopic (exact) mass is 257 g/mol. The highest BCUT2D eigenvalue weighted by atomic mass is 35.5. The molecule has 2 N–H and O–H groups in total. The van der Waals surface area contributed by atoms with Gasteiger partial charge in [0, 0.05) is 10.8 Å². The molecule has 1 rings (SSSR count). The van der Waals surface area contributed by atoms with Crippen LogP contribution in [0.5, 0.6) is 0 Å². The summed E-state index contributed by atoms with van der Waals surface area (Å²) in [6.07, 6.45) is 0. The first-order chi connectivity index (χ1) is 7.53. The number of anilines is 1. The van der Waals surface area contributed by atoms with E-state index in [4.69, 9.17) is 11.6 Å². The highest BCUT2D eigenvalue weighted by Gasteiger charge is 2.26. The Bertz CT molecular complexity index is 424. The molecule has 1 aromatic heterocycles. The van der Waals surface area contributed by atoms with Crippen molar-refractivity contribution in [2.24, 2.45) is 5.41 Å². The third kappa shape index (κ3) is 3.22. The molecule has 0 aliphatic rings. The van der Waals surface area contributed by atoms with Crippen molar-refractivity contribution in [1.29, 1.82) is 0 Å². The number of nitrogens with one attached hydrogen (secondary N) is 2. The molecule has 0 saturated heterocycles. The second kappa shape index (κ2) is 4.33. The Hall–Kier alpha value is -1.03. The molecule has 0 bridgehead atoms. The lowest BCUT2D eigenvalue weighted by atomic mass is 9.92. The minimum Gasteiger partial charge on any atom is -0.307 e. The van der Waals surface area contributed by atoms with Crippen molar-refractivity contribution in [2.45, 2.75) is 47.0 Å². The summed E-state index contributed by atoms with van der Waals surface area (Å²) in [6, 6.07) is 0. The zero-order valence-electron chi connectivity index (χ0n) is 11.2. The number of nitrogens with zero attached hydrogens (tertiary/aromatic N) is 1. The van der Waals surface area contributed by atoms with E-state index in [1.54, 1.807) is 0 Å². The Morgan fingerprint density at radius 3 is 2.12 bits per heavy atom. The fraction of sp³-hybridized carbons (Fsp3) is 0.667. The molecule has 1 amide bonds. The van der Waals surface area contributed by atoms with Crippen LogP contribution in [0.3, 0.4) is 0 Å². The number of aromatic amines is 1. The van der Waals surface area contributed by atoms with Gasteiger partial charge in [0.05, 0.1) is 5.69 Å². The van der Waals surface area contributed by atoms with Crippen LogP contribution in [-0.2, 0) is 10.2 Å². The second-order valence-electron chi connectivity index (χ2n) is 6.22. The standard InChI is InChI=1S/C12H20ClN3O/c1-11(2,3)8-7(13)9(16-15-8)14-10(17)12(4,5)6/h1-6H3,(H2,14,15,16,17). The largest absolute Gasteiger partial charge is 0.307 e. The van der Waals surface area contributed by atoms with Crippen LogP contribution in [-0.4, -0.2) is 16.1 Å². The van der Waals surface area contributed by atoms with E-state index in [1.165, 1.54) is 0 Å². The molecule has 17 heavy (non-hydrogen) atoms. The summed E-state index contributed by atoms with van der Waals surface area (Å²) in [7, 11) is 0. The van der Waals surface area contributed by atoms with E-state index in [9.17, 15) is 4.79 Å². The van der Waals surface area contributed by atoms with Crippen LogP contribution in [0.2, 0.25) is 5.02 Å². The summed E-state index contributed by atoms with van der Waals surface area (Å²) in [6.45, 7) is 11.6. The molecule has 0 atom stereocenters. The molecule has 5 heteroatoms. The lowest BCUT2D eigenvalue weighted by molar-refractivity contribution is -0.123. The van der Waals surface area contributed by atoms with E-state index in [2.05, 4.69) is 15.5 Å². The summed E-state index contributed by atoms with van der Waals surface area (Å²) in [4.78, 5) is 11.8. The number of carbonyl (C=O) groups excluding carboxylic acids is 1. The first-order valence-electron chi connectivity index (χ1n) is 5.59. The summed E-state index contributed by atoms with van der Waals surface area (Å²) >= 11 is 6.19. The van der Waals surface area contributed by atoms with Gasteiger partial charge in [-0.25, -0.2) is 0 Å². The Morgan fingerprint density at radius 1 is 1.24 bits per heavy atom. The van der Waals surface area contributed by atoms with Gasteiger partial charge >= 0.3 is 0 Å². The molecular formula is C12H20ClN3O. The molecule has 4 nitrogen and oxygen atoms in total. The zero-order valence-corrected chi connectivity index (χ0v) is 12.0. The first kappa shape index (κ1) is 14.0. The fourth-order valence-corrected chi connectivity index (χ4v) is 1.62. The van der Waals surface area contributed by atoms with E-state index in [-0.39, 0.29) is 11.3 Å². The summed E-state index contributed by atoms with van der Waals surface area (Å²) in [5.41, 5.74) is 0.224. The van der Waals surface area contributed by atoms with E-state index in [0.717, 1.165) is 5.69 Å². The number of halogens is 1. The average Bonchev–Trinajstić information content (AvgIpc) is 2.45. The van der Waals surface area contributed by atoms with Crippen LogP contribution < -0.4 is 5.32 Å². The minimum absolute atomic E-state index is 0.105. The number of hydrogen-bond acceptors (Lipinski definition) is 2. The van der Waals surface area contributed by atoms with Crippen molar-refractivity contribution >= 4 is 23.3 Å². The maximum absolute atomic E-state index is 11.8. The molecule has 0 fully saturated rings. The van der Waals surface area contributed by atoms with Crippen LogP contribution in [0.1, 0.15) is 47.2 Å². The topological polar surface area (TPSA) is 57.8 Å². The van der Waals surface area contributed by atoms with Gasteiger partial charge in [-0.05, 0) is 0 Å². The molecule has 0 spiro atoms. The number of H-pyrrole nitrogens is 1. The van der Waals surface area contributed by atoms with Crippen LogP contribution >= 0.6 is 11.6 Å². The Kier molecular flexibility index (Phi) is 3.58. The predicted molar refractivity (Wildman–Crippen MR) is 70.4 cm³/mol. The summed E-state index contributed by atoms with van der Waals surface area (Å²) < 4.78 is 0. The molecule has 0 radical (unpaired) electrons. The SMILES string of the molecule is CC(C)(C)C(=O)Nc1n[nH]c(C(C)(C)C)c1Cl.